The zero-order chi connectivity index (χ0) is 19.2. The first-order valence-electron chi connectivity index (χ1n) is 10.8. The zero-order valence-corrected chi connectivity index (χ0v) is 17.5. The quantitative estimate of drug-likeness (QED) is 0.565. The molecule has 2 saturated heterocycles. The molecule has 4 heteroatoms. The molecule has 2 aliphatic heterocycles. The zero-order valence-electron chi connectivity index (χ0n) is 17.5. The summed E-state index contributed by atoms with van der Waals surface area (Å²) in [5.74, 6) is 1.44. The maximum Gasteiger partial charge on any atom is 0.222 e. The predicted octanol–water partition coefficient (Wildman–Crippen LogP) is 4.81. The van der Waals surface area contributed by atoms with Gasteiger partial charge in [0.2, 0.25) is 5.91 Å². The number of ether oxygens (including phenoxy) is 1. The first kappa shape index (κ1) is 22.8. The van der Waals surface area contributed by atoms with Crippen LogP contribution < -0.4 is 5.32 Å². The smallest absolute Gasteiger partial charge is 0.222 e. The first-order chi connectivity index (χ1) is 12.7. The number of hydrogen-bond donors (Lipinski definition) is 1. The van der Waals surface area contributed by atoms with Crippen LogP contribution in [0.1, 0.15) is 79.1 Å². The topological polar surface area (TPSA) is 41.6 Å². The highest BCUT2D eigenvalue weighted by Gasteiger charge is 2.20. The molecule has 2 rings (SSSR count). The lowest BCUT2D eigenvalue weighted by molar-refractivity contribution is -0.127. The minimum Gasteiger partial charge on any atom is -0.493 e. The molecule has 150 valence electrons. The summed E-state index contributed by atoms with van der Waals surface area (Å²) >= 11 is 0. The molecule has 4 nitrogen and oxygen atoms in total. The fourth-order valence-corrected chi connectivity index (χ4v) is 3.45. The highest BCUT2D eigenvalue weighted by atomic mass is 16.5. The van der Waals surface area contributed by atoms with Gasteiger partial charge in [-0.05, 0) is 56.7 Å². The third-order valence-corrected chi connectivity index (χ3v) is 4.95. The van der Waals surface area contributed by atoms with E-state index in [1.54, 1.807) is 0 Å². The van der Waals surface area contributed by atoms with E-state index >= 15 is 0 Å². The van der Waals surface area contributed by atoms with Crippen molar-refractivity contribution in [3.63, 3.8) is 0 Å². The molecule has 1 amide bonds. The van der Waals surface area contributed by atoms with Crippen molar-refractivity contribution >= 4 is 5.91 Å². The number of nitrogens with one attached hydrogen (secondary N) is 1. The molecule has 0 aliphatic carbocycles. The summed E-state index contributed by atoms with van der Waals surface area (Å²) in [7, 11) is 0. The lowest BCUT2D eigenvalue weighted by Crippen LogP contribution is -2.35. The van der Waals surface area contributed by atoms with Gasteiger partial charge in [0.05, 0.1) is 6.61 Å². The van der Waals surface area contributed by atoms with E-state index in [1.165, 1.54) is 5.57 Å². The Hall–Kier alpha value is -1.29. The number of amides is 1. The average Bonchev–Trinajstić information content (AvgIpc) is 3.28. The van der Waals surface area contributed by atoms with Crippen LogP contribution in [-0.2, 0) is 9.53 Å². The van der Waals surface area contributed by atoms with Gasteiger partial charge >= 0.3 is 0 Å². The molecule has 2 fully saturated rings. The fraction of sp³-hybridized carbons (Fsp3) is 0.773. The van der Waals surface area contributed by atoms with Crippen molar-refractivity contribution in [3.8, 4) is 0 Å². The molecule has 1 atom stereocenters. The van der Waals surface area contributed by atoms with Gasteiger partial charge < -0.3 is 15.0 Å². The summed E-state index contributed by atoms with van der Waals surface area (Å²) in [6.45, 7) is 12.1. The lowest BCUT2D eigenvalue weighted by Gasteiger charge is -2.21. The molecule has 0 radical (unpaired) electrons. The normalized spacial score (nSPS) is 21.1. The lowest BCUT2D eigenvalue weighted by atomic mass is 10.1. The van der Waals surface area contributed by atoms with Crippen LogP contribution in [0.4, 0.5) is 0 Å². The van der Waals surface area contributed by atoms with Crippen LogP contribution in [0.3, 0.4) is 0 Å². The molecule has 1 unspecified atom stereocenters. The molecule has 26 heavy (non-hydrogen) atoms. The standard InChI is InChI=1S/C20H34N2O2.C2H6/c1-3-8-19-17(12-16-24-19)9-5-6-13-21-18(4-2)11-15-22-14-7-10-20(22)23;1-2/h8-9,18,21H,3-7,10-16H2,1-2H3;1-2H3/b17-9-,19-8+;. The molecule has 1 N–H and O–H groups in total. The van der Waals surface area contributed by atoms with Crippen molar-refractivity contribution in [1.29, 1.82) is 0 Å². The summed E-state index contributed by atoms with van der Waals surface area (Å²) in [6, 6.07) is 0.524. The summed E-state index contributed by atoms with van der Waals surface area (Å²) in [6.07, 6.45) is 12.9. The molecule has 0 aromatic heterocycles. The second kappa shape index (κ2) is 13.9. The monoisotopic (exact) mass is 364 g/mol. The van der Waals surface area contributed by atoms with E-state index in [-0.39, 0.29) is 0 Å². The van der Waals surface area contributed by atoms with Gasteiger partial charge in [0, 0.05) is 32.0 Å². The number of carbonyl (C=O) groups excluding carboxylic acids is 1. The molecular formula is C22H40N2O2. The molecule has 0 aromatic carbocycles. The first-order valence-corrected chi connectivity index (χ1v) is 10.8. The van der Waals surface area contributed by atoms with Gasteiger partial charge in [-0.2, -0.15) is 0 Å². The Morgan fingerprint density at radius 1 is 1.23 bits per heavy atom. The molecule has 0 saturated carbocycles. The van der Waals surface area contributed by atoms with E-state index < -0.39 is 0 Å². The van der Waals surface area contributed by atoms with Crippen LogP contribution in [0.25, 0.3) is 0 Å². The Labute approximate surface area is 161 Å². The highest BCUT2D eigenvalue weighted by Crippen LogP contribution is 2.24. The molecule has 2 heterocycles. The summed E-state index contributed by atoms with van der Waals surface area (Å²) < 4.78 is 5.65. The molecule has 0 spiro atoms. The molecule has 0 aromatic rings. The van der Waals surface area contributed by atoms with Crippen molar-refractivity contribution in [1.82, 2.24) is 10.2 Å². The minimum atomic E-state index is 0.339. The second-order valence-electron chi connectivity index (χ2n) is 6.78. The van der Waals surface area contributed by atoms with Crippen molar-refractivity contribution in [2.75, 3.05) is 26.2 Å². The number of rotatable bonds is 10. The Kier molecular flexibility index (Phi) is 12.1. The van der Waals surface area contributed by atoms with Crippen LogP contribution in [0.15, 0.2) is 23.5 Å². The van der Waals surface area contributed by atoms with E-state index in [9.17, 15) is 4.79 Å². The van der Waals surface area contributed by atoms with Crippen LogP contribution in [0.2, 0.25) is 0 Å². The van der Waals surface area contributed by atoms with E-state index in [2.05, 4.69) is 31.3 Å². The van der Waals surface area contributed by atoms with Crippen molar-refractivity contribution in [2.45, 2.75) is 85.1 Å². The fourth-order valence-electron chi connectivity index (χ4n) is 3.45. The Bertz CT molecular complexity index is 457. The highest BCUT2D eigenvalue weighted by molar-refractivity contribution is 5.77. The largest absolute Gasteiger partial charge is 0.493 e. The van der Waals surface area contributed by atoms with Crippen LogP contribution >= 0.6 is 0 Å². The number of likely N-dealkylation sites (tertiary alicyclic amines) is 1. The predicted molar refractivity (Wildman–Crippen MR) is 110 cm³/mol. The maximum atomic E-state index is 11.7. The van der Waals surface area contributed by atoms with Crippen molar-refractivity contribution in [2.24, 2.45) is 0 Å². The SMILES string of the molecule is CC.CC/C=C1/OCC/C1=C/CCCNC(CC)CCN1CCCC1=O. The van der Waals surface area contributed by atoms with Crippen molar-refractivity contribution < 1.29 is 9.53 Å². The van der Waals surface area contributed by atoms with Crippen molar-refractivity contribution in [3.05, 3.63) is 23.5 Å². The Morgan fingerprint density at radius 2 is 2.04 bits per heavy atom. The summed E-state index contributed by atoms with van der Waals surface area (Å²) in [5, 5.41) is 3.66. The van der Waals surface area contributed by atoms with E-state index in [0.29, 0.717) is 11.9 Å². The third kappa shape index (κ3) is 7.94. The number of allylic oxidation sites excluding steroid dienone is 3. The van der Waals surface area contributed by atoms with Gasteiger partial charge in [-0.15, -0.1) is 0 Å². The Morgan fingerprint density at radius 3 is 2.69 bits per heavy atom. The maximum absolute atomic E-state index is 11.7. The van der Waals surface area contributed by atoms with E-state index in [1.807, 2.05) is 18.7 Å². The Balaban J connectivity index is 0.00000163. The third-order valence-electron chi connectivity index (χ3n) is 4.95. The average molecular weight is 365 g/mol. The number of carbonyl (C=O) groups is 1. The molecule has 0 bridgehead atoms. The summed E-state index contributed by atoms with van der Waals surface area (Å²) in [4.78, 5) is 13.7. The minimum absolute atomic E-state index is 0.339. The second-order valence-corrected chi connectivity index (χ2v) is 6.78. The number of nitrogens with zero attached hydrogens (tertiary/aromatic N) is 1. The number of unbranched alkanes of at least 4 members (excludes halogenated alkanes) is 1. The van der Waals surface area contributed by atoms with Crippen LogP contribution in [-0.4, -0.2) is 43.1 Å². The van der Waals surface area contributed by atoms with Gasteiger partial charge in [0.15, 0.2) is 0 Å². The molecule has 2 aliphatic rings. The van der Waals surface area contributed by atoms with Crippen LogP contribution in [0, 0.1) is 0 Å². The van der Waals surface area contributed by atoms with E-state index in [0.717, 1.165) is 83.4 Å². The van der Waals surface area contributed by atoms with Gasteiger partial charge in [-0.25, -0.2) is 0 Å². The van der Waals surface area contributed by atoms with Gasteiger partial charge in [0.25, 0.3) is 0 Å². The van der Waals surface area contributed by atoms with E-state index in [4.69, 9.17) is 4.74 Å². The molecular weight excluding hydrogens is 324 g/mol. The van der Waals surface area contributed by atoms with Crippen LogP contribution in [0.5, 0.6) is 0 Å². The number of hydrogen-bond acceptors (Lipinski definition) is 3. The van der Waals surface area contributed by atoms with Gasteiger partial charge in [0.1, 0.15) is 5.76 Å². The summed E-state index contributed by atoms with van der Waals surface area (Å²) in [5.41, 5.74) is 1.39. The van der Waals surface area contributed by atoms with Gasteiger partial charge in [-0.3, -0.25) is 4.79 Å². The van der Waals surface area contributed by atoms with Gasteiger partial charge in [-0.1, -0.05) is 33.8 Å².